The number of nitrogens with one attached hydrogen (secondary N) is 2. The summed E-state index contributed by atoms with van der Waals surface area (Å²) in [5.74, 6) is -0.645. The van der Waals surface area contributed by atoms with Gasteiger partial charge in [-0.3, -0.25) is 14.6 Å². The Bertz CT molecular complexity index is 2600. The number of ether oxygens (including phenoxy) is 1. The molecule has 67 heavy (non-hydrogen) atoms. The molecule has 1 spiro atoms. The van der Waals surface area contributed by atoms with Gasteiger partial charge in [0, 0.05) is 85.3 Å². The number of alkyl halides is 3. The smallest absolute Gasteiger partial charge is 0.380 e. The zero-order valence-electron chi connectivity index (χ0n) is 37.3. The van der Waals surface area contributed by atoms with Gasteiger partial charge in [-0.25, -0.2) is 21.6 Å². The Balaban J connectivity index is 0.927. The maximum absolute atomic E-state index is 14.2. The second-order valence-electron chi connectivity index (χ2n) is 18.0. The number of sulfone groups is 1. The third-order valence-corrected chi connectivity index (χ3v) is 17.9. The maximum atomic E-state index is 14.2. The molecule has 4 aromatic carbocycles. The topological polar surface area (TPSA) is 128 Å². The second-order valence-corrected chi connectivity index (χ2v) is 23.2. The number of sulfonamides is 1. The van der Waals surface area contributed by atoms with Gasteiger partial charge in [0.2, 0.25) is 0 Å². The van der Waals surface area contributed by atoms with Crippen LogP contribution in [0.15, 0.2) is 117 Å². The Labute approximate surface area is 401 Å². The lowest BCUT2D eigenvalue weighted by atomic mass is 9.69. The molecule has 2 N–H and O–H groups in total. The van der Waals surface area contributed by atoms with Gasteiger partial charge >= 0.3 is 5.51 Å². The SMILES string of the molecule is O=C(NS(=O)(=O)c1ccc(N[C@H](CCN2CCOCC2)CSc2ccccc2)c(S(=O)(=O)C(F)(F)F)c1)c1ccc(N2CCN(CC3=C(c4ccc(Cl)cc4)CCC4(CCCC4)C3)CC2)cc1. The highest BCUT2D eigenvalue weighted by molar-refractivity contribution is 7.99. The van der Waals surface area contributed by atoms with E-state index in [1.54, 1.807) is 12.1 Å². The molecule has 2 aliphatic heterocycles. The number of nitrogens with zero attached hydrogens (tertiary/aromatic N) is 3. The first-order valence-electron chi connectivity index (χ1n) is 22.9. The van der Waals surface area contributed by atoms with Crippen LogP contribution in [0.3, 0.4) is 0 Å². The average molecular weight is 1000 g/mol. The van der Waals surface area contributed by atoms with Crippen LogP contribution in [0, 0.1) is 5.41 Å². The molecule has 0 bridgehead atoms. The quantitative estimate of drug-likeness (QED) is 0.104. The third-order valence-electron chi connectivity index (χ3n) is 13.6. The van der Waals surface area contributed by atoms with Gasteiger partial charge < -0.3 is 15.0 Å². The monoisotopic (exact) mass is 999 g/mol. The first-order valence-corrected chi connectivity index (χ1v) is 27.2. The Morgan fingerprint density at radius 3 is 2.18 bits per heavy atom. The number of hydrogen-bond donors (Lipinski definition) is 2. The van der Waals surface area contributed by atoms with Gasteiger partial charge in [0.25, 0.3) is 25.8 Å². The summed E-state index contributed by atoms with van der Waals surface area (Å²) in [4.78, 5) is 19.1. The van der Waals surface area contributed by atoms with E-state index in [-0.39, 0.29) is 5.56 Å². The number of thioether (sulfide) groups is 1. The predicted octanol–water partition coefficient (Wildman–Crippen LogP) is 9.37. The number of anilines is 2. The van der Waals surface area contributed by atoms with E-state index in [0.717, 1.165) is 73.3 Å². The van der Waals surface area contributed by atoms with Crippen molar-refractivity contribution in [2.24, 2.45) is 5.41 Å². The summed E-state index contributed by atoms with van der Waals surface area (Å²) in [6.07, 6.45) is 9.08. The van der Waals surface area contributed by atoms with Crippen LogP contribution in [-0.4, -0.2) is 115 Å². The van der Waals surface area contributed by atoms with Crippen LogP contribution in [-0.2, 0) is 24.6 Å². The van der Waals surface area contributed by atoms with Crippen molar-refractivity contribution in [3.05, 3.63) is 119 Å². The van der Waals surface area contributed by atoms with Gasteiger partial charge in [0.15, 0.2) is 0 Å². The maximum Gasteiger partial charge on any atom is 0.501 e. The van der Waals surface area contributed by atoms with Gasteiger partial charge in [-0.1, -0.05) is 60.3 Å². The molecule has 0 aromatic heterocycles. The summed E-state index contributed by atoms with van der Waals surface area (Å²) in [5, 5.41) is 3.73. The number of benzene rings is 4. The molecule has 3 fully saturated rings. The Kier molecular flexibility index (Phi) is 15.7. The van der Waals surface area contributed by atoms with E-state index in [4.69, 9.17) is 16.3 Å². The van der Waals surface area contributed by atoms with Gasteiger partial charge in [0.05, 0.1) is 23.8 Å². The lowest BCUT2D eigenvalue weighted by Gasteiger charge is -2.41. The zero-order valence-corrected chi connectivity index (χ0v) is 40.5. The lowest BCUT2D eigenvalue weighted by Crippen LogP contribution is -2.47. The molecule has 360 valence electrons. The molecule has 1 amide bonds. The minimum Gasteiger partial charge on any atom is -0.380 e. The molecule has 2 heterocycles. The minimum absolute atomic E-state index is 0.00576. The molecule has 18 heteroatoms. The van der Waals surface area contributed by atoms with E-state index in [1.165, 1.54) is 72.7 Å². The van der Waals surface area contributed by atoms with Crippen molar-refractivity contribution in [1.82, 2.24) is 14.5 Å². The lowest BCUT2D eigenvalue weighted by molar-refractivity contribution is -0.0435. The number of hydrogen-bond acceptors (Lipinski definition) is 11. The normalized spacial score (nSPS) is 19.1. The number of halogens is 4. The number of amides is 1. The molecule has 0 radical (unpaired) electrons. The molecule has 11 nitrogen and oxygen atoms in total. The Morgan fingerprint density at radius 1 is 0.821 bits per heavy atom. The van der Waals surface area contributed by atoms with Crippen LogP contribution >= 0.6 is 23.4 Å². The van der Waals surface area contributed by atoms with Gasteiger partial charge in [-0.05, 0) is 122 Å². The molecule has 1 saturated carbocycles. The Hall–Kier alpha value is -4.10. The Morgan fingerprint density at radius 2 is 1.51 bits per heavy atom. The number of carbonyl (C=O) groups is 1. The van der Waals surface area contributed by atoms with E-state index in [0.29, 0.717) is 56.5 Å². The van der Waals surface area contributed by atoms with E-state index in [2.05, 4.69) is 32.1 Å². The summed E-state index contributed by atoms with van der Waals surface area (Å²) in [6.45, 7) is 7.13. The van der Waals surface area contributed by atoms with Crippen molar-refractivity contribution >= 4 is 66.1 Å². The summed E-state index contributed by atoms with van der Waals surface area (Å²) >= 11 is 7.69. The number of piperazine rings is 1. The van der Waals surface area contributed by atoms with Crippen molar-refractivity contribution in [2.75, 3.05) is 81.5 Å². The van der Waals surface area contributed by atoms with E-state index in [9.17, 15) is 34.8 Å². The molecular weight excluding hydrogens is 943 g/mol. The number of morpholine rings is 1. The summed E-state index contributed by atoms with van der Waals surface area (Å²) in [5.41, 5.74) is -0.636. The van der Waals surface area contributed by atoms with Crippen LogP contribution in [0.5, 0.6) is 0 Å². The third kappa shape index (κ3) is 12.2. The summed E-state index contributed by atoms with van der Waals surface area (Å²) in [6, 6.07) is 26.0. The molecule has 0 unspecified atom stereocenters. The van der Waals surface area contributed by atoms with Gasteiger partial charge in [-0.15, -0.1) is 11.8 Å². The largest absolute Gasteiger partial charge is 0.501 e. The second kappa shape index (κ2) is 21.3. The average Bonchev–Trinajstić information content (AvgIpc) is 3.78. The first-order chi connectivity index (χ1) is 32.1. The number of allylic oxidation sites excluding steroid dienone is 1. The standard InChI is InChI=1S/C49H57ClF3N5O6S3/c50-39-12-8-36(9-13-39)44-18-22-48(20-4-5-21-48)33-38(44)34-57-24-26-58(27-25-57)41-14-10-37(11-15-41)47(59)55-67(62,63)43-16-17-45(46(32-43)66(60,61)49(51,52)53)54-40(19-23-56-28-30-64-31-29-56)35-65-42-6-2-1-3-7-42/h1-3,6-17,32,40,54H,4-5,18-31,33-35H2,(H,55,59)/t40-/m1/s1. The van der Waals surface area contributed by atoms with Crippen molar-refractivity contribution in [3.63, 3.8) is 0 Å². The molecule has 2 aliphatic carbocycles. The van der Waals surface area contributed by atoms with Crippen LogP contribution in [0.1, 0.15) is 67.3 Å². The van der Waals surface area contributed by atoms with E-state index < -0.39 is 52.8 Å². The molecule has 8 rings (SSSR count). The van der Waals surface area contributed by atoms with Crippen LogP contribution < -0.4 is 14.9 Å². The summed E-state index contributed by atoms with van der Waals surface area (Å²) < 4.78 is 103. The summed E-state index contributed by atoms with van der Waals surface area (Å²) in [7, 11) is -10.9. The van der Waals surface area contributed by atoms with E-state index in [1.807, 2.05) is 47.2 Å². The highest BCUT2D eigenvalue weighted by Gasteiger charge is 2.48. The molecule has 4 aromatic rings. The van der Waals surface area contributed by atoms with Crippen molar-refractivity contribution in [2.45, 2.75) is 77.6 Å². The van der Waals surface area contributed by atoms with Crippen LogP contribution in [0.2, 0.25) is 5.02 Å². The van der Waals surface area contributed by atoms with Gasteiger partial charge in [0.1, 0.15) is 4.90 Å². The molecular formula is C49H57ClF3N5O6S3. The zero-order chi connectivity index (χ0) is 47.2. The molecule has 2 saturated heterocycles. The van der Waals surface area contributed by atoms with Crippen LogP contribution in [0.4, 0.5) is 24.5 Å². The van der Waals surface area contributed by atoms with Crippen LogP contribution in [0.25, 0.3) is 5.57 Å². The number of rotatable bonds is 16. The van der Waals surface area contributed by atoms with E-state index >= 15 is 0 Å². The predicted molar refractivity (Wildman–Crippen MR) is 259 cm³/mol. The molecule has 1 atom stereocenters. The highest BCUT2D eigenvalue weighted by atomic mass is 35.5. The fourth-order valence-electron chi connectivity index (χ4n) is 9.84. The fraction of sp³-hybridized carbons (Fsp3) is 0.449. The van der Waals surface area contributed by atoms with Crippen molar-refractivity contribution in [1.29, 1.82) is 0 Å². The number of carbonyl (C=O) groups excluding carboxylic acids is 1. The van der Waals surface area contributed by atoms with Gasteiger partial charge in [-0.2, -0.15) is 13.2 Å². The highest BCUT2D eigenvalue weighted by Crippen LogP contribution is 2.52. The molecule has 4 aliphatic rings. The van der Waals surface area contributed by atoms with Crippen molar-refractivity contribution in [3.8, 4) is 0 Å². The first kappa shape index (κ1) is 49.3. The fourth-order valence-corrected chi connectivity index (χ4v) is 13.0. The minimum atomic E-state index is -6.05. The van der Waals surface area contributed by atoms with Crippen molar-refractivity contribution < 1.29 is 39.5 Å².